The summed E-state index contributed by atoms with van der Waals surface area (Å²) in [5, 5.41) is -0.224. The zero-order valence-electron chi connectivity index (χ0n) is 34.2. The fourth-order valence-electron chi connectivity index (χ4n) is 8.60. The average molecular weight is 852 g/mol. The Morgan fingerprint density at radius 3 is 2.41 bits per heavy atom. The highest BCUT2D eigenvalue weighted by Crippen LogP contribution is 2.58. The van der Waals surface area contributed by atoms with Crippen molar-refractivity contribution >= 4 is 44.4 Å². The first-order chi connectivity index (χ1) is 27.5. The number of halogens is 4. The molecule has 2 aliphatic heterocycles. The Morgan fingerprint density at radius 2 is 1.78 bits per heavy atom. The van der Waals surface area contributed by atoms with Crippen molar-refractivity contribution in [1.29, 1.82) is 0 Å². The smallest absolute Gasteiger partial charge is 0.418 e. The molecule has 2 aromatic rings. The monoisotopic (exact) mass is 851 g/mol. The predicted molar refractivity (Wildman–Crippen MR) is 208 cm³/mol. The van der Waals surface area contributed by atoms with Crippen LogP contribution in [-0.2, 0) is 40.1 Å². The molecule has 4 aliphatic rings. The molecule has 17 heteroatoms. The molecule has 3 fully saturated rings. The molecule has 1 saturated heterocycles. The van der Waals surface area contributed by atoms with E-state index in [0.29, 0.717) is 25.5 Å². The molecule has 0 unspecified atom stereocenters. The normalized spacial score (nSPS) is 29.4. The minimum atomic E-state index is -4.76. The molecule has 2 saturated carbocycles. The largest absolute Gasteiger partial charge is 0.497 e. The van der Waals surface area contributed by atoms with Crippen LogP contribution >= 0.6 is 0 Å². The number of carbonyl (C=O) groups excluding carboxylic acids is 4. The first kappa shape index (κ1) is 44.3. The number of nitrogens with one attached hydrogen (secondary N) is 1. The first-order valence-corrected chi connectivity index (χ1v) is 21.6. The fraction of sp³-hybridized carbons (Fsp3) is 0.643. The Labute approximate surface area is 341 Å². The fourth-order valence-corrected chi connectivity index (χ4v) is 10.0. The summed E-state index contributed by atoms with van der Waals surface area (Å²) in [5.74, 6) is -4.36. The first-order valence-electron chi connectivity index (χ1n) is 20.1. The number of methoxy groups -OCH3 is 1. The van der Waals surface area contributed by atoms with Crippen molar-refractivity contribution in [3.63, 3.8) is 0 Å². The van der Waals surface area contributed by atoms with Crippen LogP contribution in [0.25, 0.3) is 10.8 Å². The number of esters is 1. The van der Waals surface area contributed by atoms with E-state index in [4.69, 9.17) is 14.2 Å². The molecule has 2 amide bonds. The van der Waals surface area contributed by atoms with E-state index in [9.17, 15) is 45.2 Å². The van der Waals surface area contributed by atoms with Gasteiger partial charge in [-0.3, -0.25) is 23.9 Å². The molecule has 12 nitrogen and oxygen atoms in total. The Balaban J connectivity index is 1.37. The Kier molecular flexibility index (Phi) is 12.2. The number of aromatic nitrogens is 1. The second-order valence-corrected chi connectivity index (χ2v) is 20.0. The van der Waals surface area contributed by atoms with Crippen molar-refractivity contribution in [3.8, 4) is 11.6 Å². The van der Waals surface area contributed by atoms with Crippen LogP contribution in [0.5, 0.6) is 11.6 Å². The summed E-state index contributed by atoms with van der Waals surface area (Å²) in [6.07, 6.45) is -0.166. The summed E-state index contributed by atoms with van der Waals surface area (Å²) in [4.78, 5) is 62.1. The van der Waals surface area contributed by atoms with Gasteiger partial charge in [-0.25, -0.2) is 17.8 Å². The molecule has 2 aliphatic carbocycles. The molecule has 1 aromatic heterocycles. The van der Waals surface area contributed by atoms with Crippen molar-refractivity contribution in [2.45, 2.75) is 121 Å². The van der Waals surface area contributed by atoms with Crippen molar-refractivity contribution in [2.75, 3.05) is 20.3 Å². The average Bonchev–Trinajstić information content (AvgIpc) is 4.05. The molecule has 324 valence electrons. The minimum Gasteiger partial charge on any atom is -0.497 e. The Morgan fingerprint density at radius 1 is 1.07 bits per heavy atom. The van der Waals surface area contributed by atoms with Gasteiger partial charge in [0.15, 0.2) is 5.78 Å². The number of ketones is 1. The van der Waals surface area contributed by atoms with E-state index < -0.39 is 98.2 Å². The molecule has 7 atom stereocenters. The van der Waals surface area contributed by atoms with Crippen LogP contribution in [0, 0.1) is 29.1 Å². The van der Waals surface area contributed by atoms with Gasteiger partial charge in [0.1, 0.15) is 28.9 Å². The minimum absolute atomic E-state index is 0.0132. The number of sulfonamides is 1. The summed E-state index contributed by atoms with van der Waals surface area (Å²) in [5.41, 5.74) is -3.36. The number of alkyl halides is 4. The summed E-state index contributed by atoms with van der Waals surface area (Å²) >= 11 is 0. The van der Waals surface area contributed by atoms with Crippen molar-refractivity contribution in [1.82, 2.24) is 14.6 Å². The van der Waals surface area contributed by atoms with Crippen LogP contribution in [0.1, 0.15) is 98.0 Å². The molecular formula is C42H53F4N3O9S. The number of rotatable bonds is 9. The van der Waals surface area contributed by atoms with Crippen LogP contribution in [0.4, 0.5) is 17.6 Å². The van der Waals surface area contributed by atoms with Crippen LogP contribution in [0.2, 0.25) is 0 Å². The van der Waals surface area contributed by atoms with E-state index in [-0.39, 0.29) is 72.9 Å². The Bertz CT molecular complexity index is 2120. The Hall–Kier alpha value is -4.28. The van der Waals surface area contributed by atoms with Gasteiger partial charge in [0.25, 0.3) is 0 Å². The second kappa shape index (κ2) is 16.3. The summed E-state index contributed by atoms with van der Waals surface area (Å²) < 4.78 is 100. The standard InChI is InChI=1S/C42H53F4N3O9S/c1-24-9-7-8-10-26-19-41(26,38(53)48-59(54,55)40(23-43)13-14-40)20-34(50)33-17-28(22-49(33)37(52)30(25(2)15-24)18-35(51)58-39(3,4)5)57-36-29-12-11-27(56-6)16-31(29)32(21-47-36)42(44,45)46/h8,10-12,16,21,24-26,28,30,33H,7,9,13-15,17-20,22-23H2,1-6H3,(H,48,53)/b10-8-/t24-,25-,26-,28-,30+,33+,41-/m1/s1. The molecule has 3 heterocycles. The van der Waals surface area contributed by atoms with E-state index in [1.165, 1.54) is 30.2 Å². The van der Waals surface area contributed by atoms with Gasteiger partial charge in [-0.15, -0.1) is 0 Å². The zero-order valence-corrected chi connectivity index (χ0v) is 35.0. The van der Waals surface area contributed by atoms with Gasteiger partial charge in [0.05, 0.1) is 43.0 Å². The highest BCUT2D eigenvalue weighted by molar-refractivity contribution is 7.91. The van der Waals surface area contributed by atoms with Crippen LogP contribution in [0.3, 0.4) is 0 Å². The van der Waals surface area contributed by atoms with Gasteiger partial charge in [-0.05, 0) is 95.2 Å². The van der Waals surface area contributed by atoms with E-state index >= 15 is 0 Å². The number of benzene rings is 1. The van der Waals surface area contributed by atoms with Gasteiger partial charge >= 0.3 is 12.1 Å². The van der Waals surface area contributed by atoms with Gasteiger partial charge in [-0.2, -0.15) is 13.2 Å². The van der Waals surface area contributed by atoms with Crippen molar-refractivity contribution in [2.24, 2.45) is 29.1 Å². The molecule has 1 aromatic carbocycles. The molecule has 0 radical (unpaired) electrons. The van der Waals surface area contributed by atoms with Gasteiger partial charge in [0.2, 0.25) is 27.7 Å². The lowest BCUT2D eigenvalue weighted by atomic mass is 9.82. The SMILES string of the molecule is COc1ccc2c(O[C@@H]3C[C@H]4C(=O)C[C@]5(C(=O)NS(=O)(=O)C6(CF)CC6)C[C@H]5/C=C\CC[C@@H](C)C[C@@H](C)[C@H](CC(=O)OC(C)(C)C)C(=O)N4C3)ncc(C(F)(F)F)c2c1. The molecule has 59 heavy (non-hydrogen) atoms. The van der Waals surface area contributed by atoms with Gasteiger partial charge in [-0.1, -0.05) is 26.0 Å². The van der Waals surface area contributed by atoms with Gasteiger partial charge in [0, 0.05) is 29.8 Å². The van der Waals surface area contributed by atoms with Crippen molar-refractivity contribution in [3.05, 3.63) is 42.1 Å². The summed E-state index contributed by atoms with van der Waals surface area (Å²) in [7, 11) is -3.10. The maximum atomic E-state index is 14.9. The quantitative estimate of drug-likeness (QED) is 0.160. The van der Waals surface area contributed by atoms with Crippen LogP contribution in [-0.4, -0.2) is 84.7 Å². The lowest BCUT2D eigenvalue weighted by Gasteiger charge is -2.32. The van der Waals surface area contributed by atoms with E-state index in [1.54, 1.807) is 20.8 Å². The third kappa shape index (κ3) is 9.39. The molecule has 6 rings (SSSR count). The predicted octanol–water partition coefficient (Wildman–Crippen LogP) is 6.88. The third-order valence-electron chi connectivity index (χ3n) is 12.3. The molecule has 0 spiro atoms. The van der Waals surface area contributed by atoms with Gasteiger partial charge < -0.3 is 19.1 Å². The lowest BCUT2D eigenvalue weighted by Crippen LogP contribution is -2.48. The number of amides is 2. The number of pyridine rings is 1. The number of nitrogens with zero attached hydrogens (tertiary/aromatic N) is 2. The third-order valence-corrected chi connectivity index (χ3v) is 14.4. The maximum absolute atomic E-state index is 14.9. The van der Waals surface area contributed by atoms with E-state index in [2.05, 4.69) is 9.71 Å². The van der Waals surface area contributed by atoms with Crippen molar-refractivity contribution < 1.29 is 59.4 Å². The molecule has 1 N–H and O–H groups in total. The highest BCUT2D eigenvalue weighted by atomic mass is 32.2. The van der Waals surface area contributed by atoms with Crippen LogP contribution < -0.4 is 14.2 Å². The topological polar surface area (TPSA) is 158 Å². The number of carbonyl (C=O) groups is 4. The number of hydrogen-bond acceptors (Lipinski definition) is 10. The number of Topliss-reactive ketones (excluding diaryl/α,β-unsaturated/α-hetero) is 1. The lowest BCUT2D eigenvalue weighted by molar-refractivity contribution is -0.160. The maximum Gasteiger partial charge on any atom is 0.418 e. The van der Waals surface area contributed by atoms with E-state index in [0.717, 1.165) is 0 Å². The number of fused-ring (bicyclic) bond motifs is 3. The van der Waals surface area contributed by atoms with Crippen LogP contribution in [0.15, 0.2) is 36.5 Å². The second-order valence-electron chi connectivity index (χ2n) is 18.0. The number of ether oxygens (including phenoxy) is 3. The molecule has 0 bridgehead atoms. The highest BCUT2D eigenvalue weighted by Gasteiger charge is 2.63. The zero-order chi connectivity index (χ0) is 43.3. The van der Waals surface area contributed by atoms with E-state index in [1.807, 2.05) is 26.0 Å². The number of allylic oxidation sites excluding steroid dienone is 2. The molecular weight excluding hydrogens is 799 g/mol. The number of hydrogen-bond donors (Lipinski definition) is 1. The summed E-state index contributed by atoms with van der Waals surface area (Å²) in [6.45, 7) is 7.64. The summed E-state index contributed by atoms with van der Waals surface area (Å²) in [6, 6.07) is 2.82.